The normalized spacial score (nSPS) is 35.5. The summed E-state index contributed by atoms with van der Waals surface area (Å²) in [5.41, 5.74) is 0.981. The molecule has 4 aliphatic carbocycles. The third-order valence-corrected chi connectivity index (χ3v) is 7.73. The van der Waals surface area contributed by atoms with E-state index < -0.39 is 0 Å². The lowest BCUT2D eigenvalue weighted by molar-refractivity contribution is -0.146. The average molecular weight is 397 g/mol. The Balaban J connectivity index is 1.12. The van der Waals surface area contributed by atoms with E-state index in [2.05, 4.69) is 5.32 Å². The largest absolute Gasteiger partial charge is 0.370 e. The fourth-order valence-electron chi connectivity index (χ4n) is 6.76. The molecule has 1 atom stereocenters. The van der Waals surface area contributed by atoms with Crippen molar-refractivity contribution in [2.24, 2.45) is 23.2 Å². The molecule has 1 aliphatic heterocycles. The minimum absolute atomic E-state index is 0.0597. The molecular weight excluding hydrogens is 364 g/mol. The molecule has 4 saturated carbocycles. The summed E-state index contributed by atoms with van der Waals surface area (Å²) < 4.78 is 5.86. The highest BCUT2D eigenvalue weighted by atomic mass is 16.5. The maximum atomic E-state index is 13.0. The molecule has 5 heteroatoms. The van der Waals surface area contributed by atoms with Crippen molar-refractivity contribution in [1.82, 2.24) is 10.2 Å². The second kappa shape index (κ2) is 7.75. The van der Waals surface area contributed by atoms with Crippen molar-refractivity contribution in [1.29, 1.82) is 0 Å². The van der Waals surface area contributed by atoms with Gasteiger partial charge in [-0.25, -0.2) is 0 Å². The summed E-state index contributed by atoms with van der Waals surface area (Å²) in [6.45, 7) is 2.23. The van der Waals surface area contributed by atoms with Crippen LogP contribution in [0.5, 0.6) is 0 Å². The van der Waals surface area contributed by atoms with Crippen LogP contribution in [0.2, 0.25) is 0 Å². The molecule has 1 N–H and O–H groups in total. The van der Waals surface area contributed by atoms with Gasteiger partial charge in [0.05, 0.1) is 13.2 Å². The lowest BCUT2D eigenvalue weighted by atomic mass is 9.49. The van der Waals surface area contributed by atoms with Crippen LogP contribution in [-0.4, -0.2) is 43.0 Å². The number of hydrogen-bond donors (Lipinski definition) is 1. The van der Waals surface area contributed by atoms with Gasteiger partial charge in [-0.05, 0) is 61.8 Å². The number of nitrogens with one attached hydrogen (secondary N) is 1. The monoisotopic (exact) mass is 396 g/mol. The van der Waals surface area contributed by atoms with Crippen molar-refractivity contribution < 1.29 is 14.3 Å². The van der Waals surface area contributed by atoms with Crippen LogP contribution in [0, 0.1) is 23.2 Å². The van der Waals surface area contributed by atoms with E-state index in [4.69, 9.17) is 4.74 Å². The topological polar surface area (TPSA) is 58.6 Å². The number of hydrogen-bond acceptors (Lipinski definition) is 3. The average Bonchev–Trinajstić information content (AvgIpc) is 2.73. The second-order valence-electron chi connectivity index (χ2n) is 9.81. The van der Waals surface area contributed by atoms with Gasteiger partial charge in [-0.2, -0.15) is 0 Å². The van der Waals surface area contributed by atoms with Crippen LogP contribution in [0.4, 0.5) is 0 Å². The highest BCUT2D eigenvalue weighted by Gasteiger charge is 2.54. The SMILES string of the molecule is O=C(CCNC(=O)C12CC3CC(CC(C3)C1)C2)N1CCOC(c2ccccc2)C1. The molecule has 2 amide bonds. The smallest absolute Gasteiger partial charge is 0.226 e. The van der Waals surface area contributed by atoms with Crippen LogP contribution >= 0.6 is 0 Å². The van der Waals surface area contributed by atoms with Crippen molar-refractivity contribution in [3.8, 4) is 0 Å². The van der Waals surface area contributed by atoms with Gasteiger partial charge in [0.1, 0.15) is 6.10 Å². The van der Waals surface area contributed by atoms with Crippen molar-refractivity contribution in [2.75, 3.05) is 26.2 Å². The van der Waals surface area contributed by atoms with E-state index in [1.807, 2.05) is 35.2 Å². The summed E-state index contributed by atoms with van der Waals surface area (Å²) in [7, 11) is 0. The van der Waals surface area contributed by atoms with E-state index in [9.17, 15) is 9.59 Å². The summed E-state index contributed by atoms with van der Waals surface area (Å²) >= 11 is 0. The Hall–Kier alpha value is -1.88. The molecule has 1 heterocycles. The van der Waals surface area contributed by atoms with Crippen LogP contribution < -0.4 is 5.32 Å². The molecule has 0 radical (unpaired) electrons. The first-order valence-corrected chi connectivity index (χ1v) is 11.3. The predicted octanol–water partition coefficient (Wildman–Crippen LogP) is 3.31. The molecule has 4 bridgehead atoms. The van der Waals surface area contributed by atoms with Gasteiger partial charge < -0.3 is 15.0 Å². The number of carbonyl (C=O) groups excluding carboxylic acids is 2. The standard InChI is InChI=1S/C24H32N2O3/c27-22(26-8-9-29-21(16-26)20-4-2-1-3-5-20)6-7-25-23(28)24-13-17-10-18(14-24)12-19(11-17)15-24/h1-5,17-19,21H,6-16H2,(H,25,28). The van der Waals surface area contributed by atoms with Crippen molar-refractivity contribution in [3.63, 3.8) is 0 Å². The maximum Gasteiger partial charge on any atom is 0.226 e. The Morgan fingerprint density at radius 1 is 1.03 bits per heavy atom. The van der Waals surface area contributed by atoms with Crippen LogP contribution in [-0.2, 0) is 14.3 Å². The zero-order chi connectivity index (χ0) is 19.8. The lowest BCUT2D eigenvalue weighted by Crippen LogP contribution is -2.54. The van der Waals surface area contributed by atoms with E-state index in [0.717, 1.165) is 42.6 Å². The zero-order valence-corrected chi connectivity index (χ0v) is 17.1. The summed E-state index contributed by atoms with van der Waals surface area (Å²) in [5.74, 6) is 2.61. The molecule has 1 aromatic carbocycles. The molecule has 5 nitrogen and oxygen atoms in total. The Bertz CT molecular complexity index is 727. The molecule has 29 heavy (non-hydrogen) atoms. The first-order chi connectivity index (χ1) is 14.1. The summed E-state index contributed by atoms with van der Waals surface area (Å²) in [6, 6.07) is 10.1. The molecule has 1 saturated heterocycles. The Kier molecular flexibility index (Phi) is 5.10. The van der Waals surface area contributed by atoms with Crippen LogP contribution in [0.25, 0.3) is 0 Å². The maximum absolute atomic E-state index is 13.0. The Morgan fingerprint density at radius 3 is 2.34 bits per heavy atom. The lowest BCUT2D eigenvalue weighted by Gasteiger charge is -2.55. The third kappa shape index (κ3) is 3.81. The van der Waals surface area contributed by atoms with E-state index in [-0.39, 0.29) is 23.3 Å². The number of rotatable bonds is 5. The van der Waals surface area contributed by atoms with Crippen LogP contribution in [0.1, 0.15) is 56.6 Å². The summed E-state index contributed by atoms with van der Waals surface area (Å²) in [5, 5.41) is 3.13. The van der Waals surface area contributed by atoms with E-state index in [1.54, 1.807) is 0 Å². The van der Waals surface area contributed by atoms with E-state index in [0.29, 0.717) is 32.7 Å². The van der Waals surface area contributed by atoms with Crippen LogP contribution in [0.3, 0.4) is 0 Å². The minimum Gasteiger partial charge on any atom is -0.370 e. The predicted molar refractivity (Wildman–Crippen MR) is 110 cm³/mol. The van der Waals surface area contributed by atoms with Crippen molar-refractivity contribution in [2.45, 2.75) is 51.0 Å². The molecule has 1 unspecified atom stereocenters. The quantitative estimate of drug-likeness (QED) is 0.831. The van der Waals surface area contributed by atoms with E-state index >= 15 is 0 Å². The molecular formula is C24H32N2O3. The second-order valence-corrected chi connectivity index (χ2v) is 9.81. The fourth-order valence-corrected chi connectivity index (χ4v) is 6.76. The van der Waals surface area contributed by atoms with Gasteiger partial charge in [0.15, 0.2) is 0 Å². The highest BCUT2D eigenvalue weighted by molar-refractivity contribution is 5.84. The van der Waals surface area contributed by atoms with Gasteiger partial charge in [0.2, 0.25) is 11.8 Å². The van der Waals surface area contributed by atoms with Crippen molar-refractivity contribution in [3.05, 3.63) is 35.9 Å². The Morgan fingerprint density at radius 2 is 1.69 bits per heavy atom. The number of nitrogens with zero attached hydrogens (tertiary/aromatic N) is 1. The minimum atomic E-state index is -0.130. The number of carbonyl (C=O) groups is 2. The molecule has 5 aliphatic rings. The molecule has 156 valence electrons. The van der Waals surface area contributed by atoms with Gasteiger partial charge in [-0.1, -0.05) is 30.3 Å². The van der Waals surface area contributed by atoms with Crippen LogP contribution in [0.15, 0.2) is 30.3 Å². The third-order valence-electron chi connectivity index (χ3n) is 7.73. The molecule has 6 rings (SSSR count). The summed E-state index contributed by atoms with van der Waals surface area (Å²) in [6.07, 6.45) is 7.54. The first-order valence-electron chi connectivity index (χ1n) is 11.3. The Labute approximate surface area is 173 Å². The number of amides is 2. The van der Waals surface area contributed by atoms with Gasteiger partial charge in [0, 0.05) is 24.9 Å². The first kappa shape index (κ1) is 19.1. The number of benzene rings is 1. The van der Waals surface area contributed by atoms with Gasteiger partial charge >= 0.3 is 0 Å². The molecule has 0 aromatic heterocycles. The molecule has 0 spiro atoms. The van der Waals surface area contributed by atoms with E-state index in [1.165, 1.54) is 19.3 Å². The summed E-state index contributed by atoms with van der Waals surface area (Å²) in [4.78, 5) is 27.6. The van der Waals surface area contributed by atoms with Gasteiger partial charge in [-0.3, -0.25) is 9.59 Å². The number of morpholine rings is 1. The van der Waals surface area contributed by atoms with Crippen molar-refractivity contribution >= 4 is 11.8 Å². The molecule has 5 fully saturated rings. The number of ether oxygens (including phenoxy) is 1. The zero-order valence-electron chi connectivity index (χ0n) is 17.1. The van der Waals surface area contributed by atoms with Gasteiger partial charge in [0.25, 0.3) is 0 Å². The highest BCUT2D eigenvalue weighted by Crippen LogP contribution is 2.60. The fraction of sp³-hybridized carbons (Fsp3) is 0.667. The molecule has 1 aromatic rings. The van der Waals surface area contributed by atoms with Gasteiger partial charge in [-0.15, -0.1) is 0 Å².